The molecule has 1 atom stereocenters. The lowest BCUT2D eigenvalue weighted by atomic mass is 10.0. The van der Waals surface area contributed by atoms with Crippen LogP contribution in [-0.2, 0) is 6.42 Å². The van der Waals surface area contributed by atoms with Crippen LogP contribution in [0.4, 0.5) is 0 Å². The molecule has 3 rings (SSSR count). The molecular weight excluding hydrogens is 316 g/mol. The average Bonchev–Trinajstić information content (AvgIpc) is 3.13. The van der Waals surface area contributed by atoms with E-state index in [0.717, 1.165) is 35.0 Å². The normalized spacial score (nSPS) is 12.7. The Morgan fingerprint density at radius 2 is 2.04 bits per heavy atom. The van der Waals surface area contributed by atoms with Gasteiger partial charge in [-0.05, 0) is 24.8 Å². The van der Waals surface area contributed by atoms with Crippen molar-refractivity contribution in [3.8, 4) is 17.1 Å². The first kappa shape index (κ1) is 17.4. The highest BCUT2D eigenvalue weighted by Crippen LogP contribution is 2.35. The van der Waals surface area contributed by atoms with Crippen molar-refractivity contribution >= 4 is 10.9 Å². The Hall–Kier alpha value is -2.47. The molecule has 6 nitrogen and oxygen atoms in total. The van der Waals surface area contributed by atoms with Gasteiger partial charge in [-0.15, -0.1) is 0 Å². The van der Waals surface area contributed by atoms with Crippen molar-refractivity contribution in [3.05, 3.63) is 36.2 Å². The molecule has 2 heterocycles. The molecule has 0 aliphatic carbocycles. The topological polar surface area (TPSA) is 87.1 Å². The molecule has 2 aromatic heterocycles. The van der Waals surface area contributed by atoms with E-state index in [1.807, 2.05) is 12.1 Å². The van der Waals surface area contributed by atoms with Crippen LogP contribution in [0.1, 0.15) is 44.8 Å². The zero-order valence-corrected chi connectivity index (χ0v) is 15.1. The second-order valence-electron chi connectivity index (χ2n) is 6.55. The van der Waals surface area contributed by atoms with Crippen molar-refractivity contribution in [3.63, 3.8) is 0 Å². The van der Waals surface area contributed by atoms with Crippen molar-refractivity contribution in [2.24, 2.45) is 11.7 Å². The van der Waals surface area contributed by atoms with Crippen molar-refractivity contribution in [2.75, 3.05) is 7.11 Å². The maximum Gasteiger partial charge on any atom is 0.181 e. The zero-order chi connectivity index (χ0) is 18.0. The lowest BCUT2D eigenvalue weighted by molar-refractivity contribution is 0.415. The van der Waals surface area contributed by atoms with Crippen molar-refractivity contribution in [1.29, 1.82) is 0 Å². The van der Waals surface area contributed by atoms with Crippen LogP contribution in [0, 0.1) is 5.92 Å². The Morgan fingerprint density at radius 1 is 1.24 bits per heavy atom. The van der Waals surface area contributed by atoms with Crippen LogP contribution < -0.4 is 10.5 Å². The molecule has 132 valence electrons. The number of oxazole rings is 1. The molecule has 0 amide bonds. The summed E-state index contributed by atoms with van der Waals surface area (Å²) in [6.07, 6.45) is 4.72. The molecule has 0 bridgehead atoms. The van der Waals surface area contributed by atoms with E-state index in [0.29, 0.717) is 23.3 Å². The van der Waals surface area contributed by atoms with Crippen LogP contribution in [0.15, 0.2) is 29.1 Å². The number of aromatic nitrogens is 3. The molecule has 0 saturated carbocycles. The molecule has 25 heavy (non-hydrogen) atoms. The number of hydrogen-bond acceptors (Lipinski definition) is 6. The van der Waals surface area contributed by atoms with E-state index in [9.17, 15) is 0 Å². The number of aryl methyl sites for hydroxylation is 1. The van der Waals surface area contributed by atoms with Crippen LogP contribution in [0.25, 0.3) is 22.2 Å². The molecule has 0 spiro atoms. The third-order valence-corrected chi connectivity index (χ3v) is 4.20. The number of nitrogens with two attached hydrogens (primary N) is 1. The molecule has 0 aliphatic heterocycles. The predicted molar refractivity (Wildman–Crippen MR) is 97.3 cm³/mol. The Balaban J connectivity index is 2.17. The van der Waals surface area contributed by atoms with Crippen LogP contribution in [0.5, 0.6) is 5.75 Å². The molecule has 2 N–H and O–H groups in total. The maximum absolute atomic E-state index is 6.31. The molecule has 3 aromatic rings. The van der Waals surface area contributed by atoms with Gasteiger partial charge < -0.3 is 14.9 Å². The summed E-state index contributed by atoms with van der Waals surface area (Å²) in [4.78, 5) is 13.4. The van der Waals surface area contributed by atoms with Gasteiger partial charge in [0.1, 0.15) is 11.6 Å². The van der Waals surface area contributed by atoms with Gasteiger partial charge >= 0.3 is 0 Å². The molecule has 0 aliphatic rings. The number of methoxy groups -OCH3 is 1. The molecular formula is C19H24N4O2. The van der Waals surface area contributed by atoms with Crippen molar-refractivity contribution < 1.29 is 9.15 Å². The van der Waals surface area contributed by atoms with Gasteiger partial charge in [0.25, 0.3) is 0 Å². The van der Waals surface area contributed by atoms with Gasteiger partial charge in [-0.3, -0.25) is 0 Å². The van der Waals surface area contributed by atoms with E-state index >= 15 is 0 Å². The molecule has 0 saturated heterocycles. The first-order valence-electron chi connectivity index (χ1n) is 8.56. The Kier molecular flexibility index (Phi) is 4.99. The van der Waals surface area contributed by atoms with Crippen molar-refractivity contribution in [1.82, 2.24) is 15.0 Å². The standard InChI is InChI=1S/C19H24N4O2/c1-5-15-12-7-13(18-9-21-10-25-18)17(24-4)8-16(12)23-19(22-15)14(20)6-11(2)3/h7-11,14H,5-6,20H2,1-4H3/t14-/m1/s1. The number of hydrogen-bond donors (Lipinski definition) is 1. The second-order valence-corrected chi connectivity index (χ2v) is 6.55. The minimum Gasteiger partial charge on any atom is -0.496 e. The predicted octanol–water partition coefficient (Wildman–Crippen LogP) is 3.90. The fourth-order valence-corrected chi connectivity index (χ4v) is 3.00. The number of fused-ring (bicyclic) bond motifs is 1. The second kappa shape index (κ2) is 7.19. The summed E-state index contributed by atoms with van der Waals surface area (Å²) in [5.74, 6) is 2.52. The summed E-state index contributed by atoms with van der Waals surface area (Å²) >= 11 is 0. The Bertz CT molecular complexity index is 859. The van der Waals surface area contributed by atoms with Gasteiger partial charge in [-0.1, -0.05) is 20.8 Å². The van der Waals surface area contributed by atoms with E-state index in [1.165, 1.54) is 6.39 Å². The highest BCUT2D eigenvalue weighted by molar-refractivity contribution is 5.88. The van der Waals surface area contributed by atoms with Gasteiger partial charge in [-0.25, -0.2) is 15.0 Å². The lowest BCUT2D eigenvalue weighted by Crippen LogP contribution is -2.17. The number of ether oxygens (including phenoxy) is 1. The highest BCUT2D eigenvalue weighted by atomic mass is 16.5. The molecule has 1 aromatic carbocycles. The third-order valence-electron chi connectivity index (χ3n) is 4.20. The van der Waals surface area contributed by atoms with Crippen LogP contribution >= 0.6 is 0 Å². The SMILES string of the molecule is CCc1nc([C@H](N)CC(C)C)nc2cc(OC)c(-c3cnco3)cc12. The van der Waals surface area contributed by atoms with Gasteiger partial charge in [0, 0.05) is 11.5 Å². The van der Waals surface area contributed by atoms with Gasteiger partial charge in [0.05, 0.1) is 36.1 Å². The maximum atomic E-state index is 6.31. The highest BCUT2D eigenvalue weighted by Gasteiger charge is 2.18. The monoisotopic (exact) mass is 340 g/mol. The van der Waals surface area contributed by atoms with Gasteiger partial charge in [0.15, 0.2) is 12.2 Å². The Morgan fingerprint density at radius 3 is 2.64 bits per heavy atom. The summed E-state index contributed by atoms with van der Waals surface area (Å²) in [5.41, 5.74) is 8.96. The smallest absolute Gasteiger partial charge is 0.181 e. The molecule has 0 fully saturated rings. The van der Waals surface area contributed by atoms with Crippen molar-refractivity contribution in [2.45, 2.75) is 39.7 Å². The first-order chi connectivity index (χ1) is 12.0. The van der Waals surface area contributed by atoms with E-state index < -0.39 is 0 Å². The number of rotatable bonds is 6. The summed E-state index contributed by atoms with van der Waals surface area (Å²) < 4.78 is 11.0. The third kappa shape index (κ3) is 3.49. The minimum absolute atomic E-state index is 0.172. The fourth-order valence-electron chi connectivity index (χ4n) is 3.00. The summed E-state index contributed by atoms with van der Waals surface area (Å²) in [5, 5.41) is 0.982. The fraction of sp³-hybridized carbons (Fsp3) is 0.421. The Labute approximate surface area is 147 Å². The average molecular weight is 340 g/mol. The van der Waals surface area contributed by atoms with E-state index in [2.05, 4.69) is 25.8 Å². The lowest BCUT2D eigenvalue weighted by Gasteiger charge is -2.16. The zero-order valence-electron chi connectivity index (χ0n) is 15.1. The minimum atomic E-state index is -0.172. The number of benzene rings is 1. The van der Waals surface area contributed by atoms with E-state index in [1.54, 1.807) is 13.3 Å². The first-order valence-corrected chi connectivity index (χ1v) is 8.56. The summed E-state index contributed by atoms with van der Waals surface area (Å²) in [7, 11) is 1.63. The largest absolute Gasteiger partial charge is 0.496 e. The molecule has 0 unspecified atom stereocenters. The van der Waals surface area contributed by atoms with Crippen LogP contribution in [0.2, 0.25) is 0 Å². The summed E-state index contributed by atoms with van der Waals surface area (Å²) in [6, 6.07) is 3.75. The van der Waals surface area contributed by atoms with E-state index in [4.69, 9.17) is 24.9 Å². The van der Waals surface area contributed by atoms with Crippen LogP contribution in [0.3, 0.4) is 0 Å². The molecule has 0 radical (unpaired) electrons. The van der Waals surface area contributed by atoms with E-state index in [-0.39, 0.29) is 6.04 Å². The summed E-state index contributed by atoms with van der Waals surface area (Å²) in [6.45, 7) is 6.38. The molecule has 6 heteroatoms. The van der Waals surface area contributed by atoms with Crippen LogP contribution in [-0.4, -0.2) is 22.1 Å². The van der Waals surface area contributed by atoms with Gasteiger partial charge in [0.2, 0.25) is 0 Å². The quantitative estimate of drug-likeness (QED) is 0.732. The number of nitrogens with zero attached hydrogens (tertiary/aromatic N) is 3. The van der Waals surface area contributed by atoms with Gasteiger partial charge in [-0.2, -0.15) is 0 Å².